The van der Waals surface area contributed by atoms with E-state index in [9.17, 15) is 4.79 Å². The van der Waals surface area contributed by atoms with Crippen LogP contribution in [0, 0.1) is 6.92 Å². The normalized spacial score (nSPS) is 12.0. The first kappa shape index (κ1) is 15.8. The maximum Gasteiger partial charge on any atom is 0.237 e. The average Bonchev–Trinajstić information content (AvgIpc) is 2.47. The number of rotatable bonds is 5. The van der Waals surface area contributed by atoms with Gasteiger partial charge in [0.05, 0.1) is 16.0 Å². The van der Waals surface area contributed by atoms with Crippen LogP contribution in [0.15, 0.2) is 41.7 Å². The Balaban J connectivity index is 2.07. The van der Waals surface area contributed by atoms with E-state index in [1.807, 2.05) is 32.0 Å². The van der Waals surface area contributed by atoms with Crippen LogP contribution in [0.3, 0.4) is 0 Å². The lowest BCUT2D eigenvalue weighted by Crippen LogP contribution is -2.24. The van der Waals surface area contributed by atoms with Crippen LogP contribution in [0.1, 0.15) is 19.0 Å². The SMILES string of the molecule is CCC(Sc1cc(C)ncn1)C(=O)Nc1ccccc1Cl. The summed E-state index contributed by atoms with van der Waals surface area (Å²) in [6.45, 7) is 3.87. The van der Waals surface area contributed by atoms with E-state index in [1.165, 1.54) is 18.1 Å². The summed E-state index contributed by atoms with van der Waals surface area (Å²) >= 11 is 7.48. The molecule has 0 aliphatic rings. The van der Waals surface area contributed by atoms with Crippen molar-refractivity contribution in [3.8, 4) is 0 Å². The zero-order valence-corrected chi connectivity index (χ0v) is 13.4. The topological polar surface area (TPSA) is 54.9 Å². The quantitative estimate of drug-likeness (QED) is 0.669. The molecule has 110 valence electrons. The van der Waals surface area contributed by atoms with E-state index in [0.29, 0.717) is 17.1 Å². The third-order valence-electron chi connectivity index (χ3n) is 2.84. The Morgan fingerprint density at radius 1 is 1.38 bits per heavy atom. The number of nitrogens with one attached hydrogen (secondary N) is 1. The molecule has 0 radical (unpaired) electrons. The number of aryl methyl sites for hydroxylation is 1. The van der Waals surface area contributed by atoms with Crippen LogP contribution in [0.2, 0.25) is 5.02 Å². The van der Waals surface area contributed by atoms with E-state index in [0.717, 1.165) is 10.7 Å². The first-order valence-corrected chi connectivity index (χ1v) is 7.86. The number of thioether (sulfide) groups is 1. The van der Waals surface area contributed by atoms with Gasteiger partial charge in [0.2, 0.25) is 5.91 Å². The van der Waals surface area contributed by atoms with E-state index < -0.39 is 0 Å². The van der Waals surface area contributed by atoms with Crippen LogP contribution in [-0.2, 0) is 4.79 Å². The second-order valence-corrected chi connectivity index (χ2v) is 6.11. The summed E-state index contributed by atoms with van der Waals surface area (Å²) in [5, 5.41) is 3.96. The van der Waals surface area contributed by atoms with Crippen molar-refractivity contribution in [2.75, 3.05) is 5.32 Å². The van der Waals surface area contributed by atoms with E-state index in [1.54, 1.807) is 12.1 Å². The van der Waals surface area contributed by atoms with Crippen LogP contribution in [0.4, 0.5) is 5.69 Å². The van der Waals surface area contributed by atoms with Gasteiger partial charge < -0.3 is 5.32 Å². The zero-order valence-electron chi connectivity index (χ0n) is 11.8. The molecule has 1 aromatic carbocycles. The first-order valence-electron chi connectivity index (χ1n) is 6.61. The number of hydrogen-bond acceptors (Lipinski definition) is 4. The molecular weight excluding hydrogens is 306 g/mol. The maximum atomic E-state index is 12.4. The van der Waals surface area contributed by atoms with Gasteiger partial charge in [-0.15, -0.1) is 0 Å². The molecule has 1 unspecified atom stereocenters. The summed E-state index contributed by atoms with van der Waals surface area (Å²) < 4.78 is 0. The van der Waals surface area contributed by atoms with E-state index in [-0.39, 0.29) is 11.2 Å². The van der Waals surface area contributed by atoms with Gasteiger partial charge >= 0.3 is 0 Å². The van der Waals surface area contributed by atoms with Gasteiger partial charge in [0.15, 0.2) is 0 Å². The average molecular weight is 322 g/mol. The highest BCUT2D eigenvalue weighted by molar-refractivity contribution is 8.00. The molecule has 0 aliphatic heterocycles. The van der Waals surface area contributed by atoms with Crippen molar-refractivity contribution < 1.29 is 4.79 Å². The molecule has 0 spiro atoms. The van der Waals surface area contributed by atoms with Crippen LogP contribution >= 0.6 is 23.4 Å². The van der Waals surface area contributed by atoms with Crippen LogP contribution in [-0.4, -0.2) is 21.1 Å². The molecule has 4 nitrogen and oxygen atoms in total. The second-order valence-electron chi connectivity index (χ2n) is 4.48. The second kappa shape index (κ2) is 7.43. The molecule has 1 atom stereocenters. The lowest BCUT2D eigenvalue weighted by atomic mass is 10.2. The van der Waals surface area contributed by atoms with E-state index in [4.69, 9.17) is 11.6 Å². The zero-order chi connectivity index (χ0) is 15.2. The van der Waals surface area contributed by atoms with Crippen molar-refractivity contribution >= 4 is 35.0 Å². The molecule has 2 rings (SSSR count). The summed E-state index contributed by atoms with van der Waals surface area (Å²) in [5.41, 5.74) is 1.51. The Bertz CT molecular complexity index is 636. The summed E-state index contributed by atoms with van der Waals surface area (Å²) in [6, 6.07) is 9.07. The molecule has 0 bridgehead atoms. The van der Waals surface area contributed by atoms with Gasteiger partial charge in [-0.25, -0.2) is 9.97 Å². The molecule has 0 saturated heterocycles. The first-order chi connectivity index (χ1) is 10.1. The van der Waals surface area contributed by atoms with Crippen molar-refractivity contribution in [2.45, 2.75) is 30.5 Å². The Kier molecular flexibility index (Phi) is 5.59. The number of para-hydroxylation sites is 1. The van der Waals surface area contributed by atoms with Crippen molar-refractivity contribution in [2.24, 2.45) is 0 Å². The summed E-state index contributed by atoms with van der Waals surface area (Å²) in [5.74, 6) is -0.0770. The van der Waals surface area contributed by atoms with Crippen LogP contribution in [0.5, 0.6) is 0 Å². The number of hydrogen-bond donors (Lipinski definition) is 1. The fourth-order valence-corrected chi connectivity index (χ4v) is 2.89. The summed E-state index contributed by atoms with van der Waals surface area (Å²) in [4.78, 5) is 20.6. The van der Waals surface area contributed by atoms with Gasteiger partial charge in [-0.3, -0.25) is 4.79 Å². The van der Waals surface area contributed by atoms with Gasteiger partial charge in [-0.2, -0.15) is 0 Å². The molecule has 1 aromatic heterocycles. The predicted octanol–water partition coefficient (Wildman–Crippen LogP) is 3.95. The third-order valence-corrected chi connectivity index (χ3v) is 4.46. The summed E-state index contributed by atoms with van der Waals surface area (Å²) in [7, 11) is 0. The fraction of sp³-hybridized carbons (Fsp3) is 0.267. The maximum absolute atomic E-state index is 12.4. The number of carbonyl (C=O) groups is 1. The lowest BCUT2D eigenvalue weighted by molar-refractivity contribution is -0.115. The number of aromatic nitrogens is 2. The molecule has 0 saturated carbocycles. The van der Waals surface area contributed by atoms with Crippen molar-refractivity contribution in [3.05, 3.63) is 47.4 Å². The number of benzene rings is 1. The molecule has 0 aliphatic carbocycles. The van der Waals surface area contributed by atoms with Crippen molar-refractivity contribution in [3.63, 3.8) is 0 Å². The fourth-order valence-electron chi connectivity index (χ4n) is 1.74. The van der Waals surface area contributed by atoms with Gasteiger partial charge in [0, 0.05) is 5.69 Å². The third kappa shape index (κ3) is 4.44. The molecule has 21 heavy (non-hydrogen) atoms. The molecule has 1 N–H and O–H groups in total. The molecule has 1 heterocycles. The molecular formula is C15H16ClN3OS. The van der Waals surface area contributed by atoms with E-state index in [2.05, 4.69) is 15.3 Å². The Morgan fingerprint density at radius 2 is 2.14 bits per heavy atom. The predicted molar refractivity (Wildman–Crippen MR) is 86.8 cm³/mol. The highest BCUT2D eigenvalue weighted by atomic mass is 35.5. The Hall–Kier alpha value is -1.59. The van der Waals surface area contributed by atoms with Gasteiger partial charge in [-0.05, 0) is 31.5 Å². The number of nitrogens with zero attached hydrogens (tertiary/aromatic N) is 2. The van der Waals surface area contributed by atoms with Crippen LogP contribution < -0.4 is 5.32 Å². The minimum absolute atomic E-state index is 0.0770. The van der Waals surface area contributed by atoms with Crippen molar-refractivity contribution in [1.29, 1.82) is 0 Å². The smallest absolute Gasteiger partial charge is 0.237 e. The minimum atomic E-state index is -0.226. The lowest BCUT2D eigenvalue weighted by Gasteiger charge is -2.15. The Morgan fingerprint density at radius 3 is 2.81 bits per heavy atom. The standard InChI is InChI=1S/C15H16ClN3OS/c1-3-13(21-14-8-10(2)17-9-18-14)15(20)19-12-7-5-4-6-11(12)16/h4-9,13H,3H2,1-2H3,(H,19,20). The number of amides is 1. The van der Waals surface area contributed by atoms with Crippen molar-refractivity contribution in [1.82, 2.24) is 9.97 Å². The molecule has 6 heteroatoms. The van der Waals surface area contributed by atoms with Gasteiger partial charge in [0.25, 0.3) is 0 Å². The van der Waals surface area contributed by atoms with Gasteiger partial charge in [0.1, 0.15) is 11.4 Å². The highest BCUT2D eigenvalue weighted by Crippen LogP contribution is 2.26. The number of halogens is 1. The molecule has 0 fully saturated rings. The largest absolute Gasteiger partial charge is 0.324 e. The number of anilines is 1. The molecule has 1 amide bonds. The monoisotopic (exact) mass is 321 g/mol. The minimum Gasteiger partial charge on any atom is -0.324 e. The number of carbonyl (C=O) groups excluding carboxylic acids is 1. The summed E-state index contributed by atoms with van der Waals surface area (Å²) in [6.07, 6.45) is 2.21. The van der Waals surface area contributed by atoms with Gasteiger partial charge in [-0.1, -0.05) is 42.4 Å². The highest BCUT2D eigenvalue weighted by Gasteiger charge is 2.19. The van der Waals surface area contributed by atoms with Crippen LogP contribution in [0.25, 0.3) is 0 Å². The molecule has 2 aromatic rings. The van der Waals surface area contributed by atoms with E-state index >= 15 is 0 Å². The Labute approximate surface area is 133 Å².